The van der Waals surface area contributed by atoms with Crippen LogP contribution in [0.4, 0.5) is 0 Å². The molecule has 2 aliphatic rings. The summed E-state index contributed by atoms with van der Waals surface area (Å²) in [7, 11) is 0. The molecule has 0 spiro atoms. The maximum atomic E-state index is 11.3. The highest BCUT2D eigenvalue weighted by atomic mass is 16.1. The molecular weight excluding hydrogens is 166 g/mol. The largest absolute Gasteiger partial charge is 0.271 e. The second-order valence-corrected chi connectivity index (χ2v) is 2.64. The van der Waals surface area contributed by atoms with E-state index in [0.717, 1.165) is 0 Å². The van der Waals surface area contributed by atoms with Gasteiger partial charge in [0.1, 0.15) is 12.0 Å². The van der Waals surface area contributed by atoms with Crippen LogP contribution in [0.3, 0.4) is 0 Å². The molecule has 0 radical (unpaired) electrons. The van der Waals surface area contributed by atoms with Gasteiger partial charge in [0.15, 0.2) is 0 Å². The van der Waals surface area contributed by atoms with Crippen molar-refractivity contribution in [1.29, 1.82) is 5.26 Å². The quantitative estimate of drug-likeness (QED) is 0.536. The summed E-state index contributed by atoms with van der Waals surface area (Å²) in [5.74, 6) is -0.763. The van der Waals surface area contributed by atoms with Gasteiger partial charge in [0, 0.05) is 0 Å². The summed E-state index contributed by atoms with van der Waals surface area (Å²) >= 11 is 0. The van der Waals surface area contributed by atoms with Crippen LogP contribution in [0.5, 0.6) is 0 Å². The molecule has 0 bridgehead atoms. The van der Waals surface area contributed by atoms with E-state index in [1.807, 2.05) is 0 Å². The fourth-order valence-electron chi connectivity index (χ4n) is 1.22. The first-order valence-electron chi connectivity index (χ1n) is 3.77. The lowest BCUT2D eigenvalue weighted by Gasteiger charge is -2.14. The normalized spacial score (nSPS) is 24.5. The van der Waals surface area contributed by atoms with Gasteiger partial charge >= 0.3 is 0 Å². The highest BCUT2D eigenvalue weighted by Gasteiger charge is 2.25. The number of allylic oxidation sites excluding steroid dienone is 3. The SMILES string of the molecule is N#CC1=NC(=O)C2C=CC=CC2=N1. The van der Waals surface area contributed by atoms with Gasteiger partial charge in [0.05, 0.1) is 5.71 Å². The number of nitrogens with zero attached hydrogens (tertiary/aromatic N) is 3. The third-order valence-electron chi connectivity index (χ3n) is 1.82. The van der Waals surface area contributed by atoms with E-state index in [1.54, 1.807) is 30.4 Å². The number of carbonyl (C=O) groups is 1. The first-order chi connectivity index (χ1) is 6.31. The van der Waals surface area contributed by atoms with Crippen molar-refractivity contribution in [3.63, 3.8) is 0 Å². The Labute approximate surface area is 74.6 Å². The zero-order valence-corrected chi connectivity index (χ0v) is 6.64. The predicted molar refractivity (Wildman–Crippen MR) is 47.3 cm³/mol. The third-order valence-corrected chi connectivity index (χ3v) is 1.82. The zero-order chi connectivity index (χ0) is 9.26. The van der Waals surface area contributed by atoms with Gasteiger partial charge in [0.25, 0.3) is 5.91 Å². The molecule has 1 heterocycles. The van der Waals surface area contributed by atoms with Crippen LogP contribution < -0.4 is 0 Å². The number of hydrogen-bond acceptors (Lipinski definition) is 3. The average Bonchev–Trinajstić information content (AvgIpc) is 2.18. The molecule has 0 fully saturated rings. The minimum absolute atomic E-state index is 0.0591. The molecule has 2 rings (SSSR count). The fourth-order valence-corrected chi connectivity index (χ4v) is 1.22. The van der Waals surface area contributed by atoms with E-state index >= 15 is 0 Å². The Morgan fingerprint density at radius 1 is 1.38 bits per heavy atom. The number of carbonyl (C=O) groups excluding carboxylic acids is 1. The van der Waals surface area contributed by atoms with E-state index in [0.29, 0.717) is 5.71 Å². The summed E-state index contributed by atoms with van der Waals surface area (Å²) in [5.41, 5.74) is 0.596. The molecule has 0 saturated carbocycles. The van der Waals surface area contributed by atoms with E-state index in [9.17, 15) is 4.79 Å². The van der Waals surface area contributed by atoms with Crippen molar-refractivity contribution in [2.45, 2.75) is 0 Å². The van der Waals surface area contributed by atoms with Crippen molar-refractivity contribution in [1.82, 2.24) is 0 Å². The summed E-state index contributed by atoms with van der Waals surface area (Å²) < 4.78 is 0. The Kier molecular flexibility index (Phi) is 1.64. The third kappa shape index (κ3) is 1.20. The van der Waals surface area contributed by atoms with Crippen molar-refractivity contribution >= 4 is 17.5 Å². The van der Waals surface area contributed by atoms with Gasteiger partial charge in [-0.05, 0) is 6.08 Å². The van der Waals surface area contributed by atoms with E-state index < -0.39 is 0 Å². The number of amides is 1. The lowest BCUT2D eigenvalue weighted by Crippen LogP contribution is -2.26. The molecule has 0 aromatic heterocycles. The van der Waals surface area contributed by atoms with Gasteiger partial charge < -0.3 is 0 Å². The molecule has 4 heteroatoms. The number of aliphatic imine (C=N–C) groups is 2. The molecule has 1 atom stereocenters. The van der Waals surface area contributed by atoms with Crippen molar-refractivity contribution in [2.75, 3.05) is 0 Å². The Balaban J connectivity index is 2.46. The average molecular weight is 171 g/mol. The summed E-state index contributed by atoms with van der Waals surface area (Å²) in [6, 6.07) is 1.75. The molecule has 1 amide bonds. The van der Waals surface area contributed by atoms with Crippen LogP contribution in [0.25, 0.3) is 0 Å². The van der Waals surface area contributed by atoms with Crippen molar-refractivity contribution in [3.8, 4) is 6.07 Å². The minimum atomic E-state index is -0.387. The maximum Gasteiger partial charge on any atom is 0.261 e. The van der Waals surface area contributed by atoms with Crippen LogP contribution in [-0.4, -0.2) is 17.5 Å². The highest BCUT2D eigenvalue weighted by molar-refractivity contribution is 6.24. The predicted octanol–water partition coefficient (Wildman–Crippen LogP) is 0.632. The van der Waals surface area contributed by atoms with Gasteiger partial charge in [-0.15, -0.1) is 0 Å². The minimum Gasteiger partial charge on any atom is -0.271 e. The molecule has 0 aromatic rings. The summed E-state index contributed by atoms with van der Waals surface area (Å²) in [6.07, 6.45) is 6.99. The lowest BCUT2D eigenvalue weighted by molar-refractivity contribution is -0.118. The standard InChI is InChI=1S/C9H5N3O/c10-5-8-11-7-4-2-1-3-6(7)9(13)12-8/h1-4,6H. The maximum absolute atomic E-state index is 11.3. The Bertz CT molecular complexity index is 421. The Morgan fingerprint density at radius 3 is 3.00 bits per heavy atom. The molecule has 13 heavy (non-hydrogen) atoms. The molecule has 1 aliphatic heterocycles. The molecular formula is C9H5N3O. The van der Waals surface area contributed by atoms with Crippen molar-refractivity contribution < 1.29 is 4.79 Å². The van der Waals surface area contributed by atoms with Gasteiger partial charge in [0.2, 0.25) is 5.84 Å². The molecule has 1 aliphatic carbocycles. The number of nitriles is 1. The van der Waals surface area contributed by atoms with E-state index in [2.05, 4.69) is 9.98 Å². The Hall–Kier alpha value is -2.02. The van der Waals surface area contributed by atoms with E-state index in [-0.39, 0.29) is 17.7 Å². The van der Waals surface area contributed by atoms with Crippen LogP contribution >= 0.6 is 0 Å². The fraction of sp³-hybridized carbons (Fsp3) is 0.111. The summed E-state index contributed by atoms with van der Waals surface area (Å²) in [5, 5.41) is 8.52. The molecule has 62 valence electrons. The molecule has 4 nitrogen and oxygen atoms in total. The second kappa shape index (κ2) is 2.79. The lowest BCUT2D eigenvalue weighted by atomic mass is 9.97. The van der Waals surface area contributed by atoms with Crippen LogP contribution in [0.1, 0.15) is 0 Å². The first kappa shape index (κ1) is 7.62. The highest BCUT2D eigenvalue weighted by Crippen LogP contribution is 2.15. The number of fused-ring (bicyclic) bond motifs is 1. The van der Waals surface area contributed by atoms with Gasteiger partial charge in [-0.1, -0.05) is 18.2 Å². The topological polar surface area (TPSA) is 65.6 Å². The number of hydrogen-bond donors (Lipinski definition) is 0. The van der Waals surface area contributed by atoms with Crippen molar-refractivity contribution in [2.24, 2.45) is 15.9 Å². The molecule has 1 unspecified atom stereocenters. The summed E-state index contributed by atoms with van der Waals surface area (Å²) in [4.78, 5) is 18.7. The van der Waals surface area contributed by atoms with Crippen LogP contribution in [0.2, 0.25) is 0 Å². The van der Waals surface area contributed by atoms with Gasteiger partial charge in [-0.3, -0.25) is 4.79 Å². The van der Waals surface area contributed by atoms with Crippen LogP contribution in [0.15, 0.2) is 34.3 Å². The smallest absolute Gasteiger partial charge is 0.261 e. The number of amidine groups is 1. The molecule has 0 N–H and O–H groups in total. The van der Waals surface area contributed by atoms with Crippen LogP contribution in [0, 0.1) is 17.2 Å². The van der Waals surface area contributed by atoms with Crippen LogP contribution in [-0.2, 0) is 4.79 Å². The van der Waals surface area contributed by atoms with E-state index in [4.69, 9.17) is 5.26 Å². The van der Waals surface area contributed by atoms with E-state index in [1.165, 1.54) is 0 Å². The summed E-state index contributed by atoms with van der Waals surface area (Å²) in [6.45, 7) is 0. The zero-order valence-electron chi connectivity index (χ0n) is 6.64. The Morgan fingerprint density at radius 2 is 2.23 bits per heavy atom. The second-order valence-electron chi connectivity index (χ2n) is 2.64. The van der Waals surface area contributed by atoms with Gasteiger partial charge in [-0.2, -0.15) is 10.3 Å². The first-order valence-corrected chi connectivity index (χ1v) is 3.77. The van der Waals surface area contributed by atoms with Gasteiger partial charge in [-0.25, -0.2) is 4.99 Å². The monoisotopic (exact) mass is 171 g/mol. The number of rotatable bonds is 0. The molecule has 0 saturated heterocycles. The van der Waals surface area contributed by atoms with Crippen molar-refractivity contribution in [3.05, 3.63) is 24.3 Å². The molecule has 0 aromatic carbocycles.